The molecular weight excluding hydrogens is 309 g/mol. The van der Waals surface area contributed by atoms with Crippen molar-refractivity contribution in [1.82, 2.24) is 19.4 Å². The third kappa shape index (κ3) is 2.28. The highest BCUT2D eigenvalue weighted by atomic mass is 19.1. The highest BCUT2D eigenvalue weighted by Gasteiger charge is 2.36. The second-order valence-corrected chi connectivity index (χ2v) is 6.29. The summed E-state index contributed by atoms with van der Waals surface area (Å²) in [6.45, 7) is 0.990. The Balaban J connectivity index is 1.60. The van der Waals surface area contributed by atoms with Crippen molar-refractivity contribution in [2.75, 3.05) is 13.1 Å². The number of hydrogen-bond acceptors (Lipinski definition) is 3. The number of fused-ring (bicyclic) bond motifs is 1. The predicted molar refractivity (Wildman–Crippen MR) is 88.1 cm³/mol. The highest BCUT2D eigenvalue weighted by Crippen LogP contribution is 2.28. The Morgan fingerprint density at radius 1 is 1.42 bits per heavy atom. The Morgan fingerprint density at radius 3 is 2.96 bits per heavy atom. The lowest BCUT2D eigenvalue weighted by molar-refractivity contribution is 0.0784. The third-order valence-corrected chi connectivity index (χ3v) is 4.73. The van der Waals surface area contributed by atoms with Gasteiger partial charge in [0, 0.05) is 54.9 Å². The van der Waals surface area contributed by atoms with Gasteiger partial charge in [0.2, 0.25) is 0 Å². The van der Waals surface area contributed by atoms with E-state index in [9.17, 15) is 9.18 Å². The highest BCUT2D eigenvalue weighted by molar-refractivity contribution is 5.98. The molecule has 7 heteroatoms. The molecule has 0 aliphatic carbocycles. The average molecular weight is 327 g/mol. The molecule has 3 N–H and O–H groups in total. The Kier molecular flexibility index (Phi) is 3.38. The van der Waals surface area contributed by atoms with Gasteiger partial charge in [-0.3, -0.25) is 4.79 Å². The number of amides is 1. The fourth-order valence-corrected chi connectivity index (χ4v) is 3.44. The van der Waals surface area contributed by atoms with Gasteiger partial charge in [0.15, 0.2) is 0 Å². The van der Waals surface area contributed by atoms with Crippen molar-refractivity contribution in [2.24, 2.45) is 12.8 Å². The number of nitrogens with zero attached hydrogens (tertiary/aromatic N) is 3. The van der Waals surface area contributed by atoms with Crippen LogP contribution in [-0.2, 0) is 7.05 Å². The number of benzene rings is 1. The van der Waals surface area contributed by atoms with E-state index >= 15 is 0 Å². The molecule has 124 valence electrons. The summed E-state index contributed by atoms with van der Waals surface area (Å²) < 4.78 is 15.7. The van der Waals surface area contributed by atoms with E-state index in [2.05, 4.69) is 9.97 Å². The Labute approximate surface area is 138 Å². The predicted octanol–water partition coefficient (Wildman–Crippen LogP) is 1.61. The Hall–Kier alpha value is -2.67. The lowest BCUT2D eigenvalue weighted by Crippen LogP contribution is -2.32. The first kappa shape index (κ1) is 14.9. The summed E-state index contributed by atoms with van der Waals surface area (Å²) in [5.41, 5.74) is 8.25. The molecule has 3 aromatic rings. The van der Waals surface area contributed by atoms with Crippen LogP contribution in [0.5, 0.6) is 0 Å². The van der Waals surface area contributed by atoms with Gasteiger partial charge < -0.3 is 20.2 Å². The van der Waals surface area contributed by atoms with Crippen LogP contribution in [-0.4, -0.2) is 44.5 Å². The van der Waals surface area contributed by atoms with Crippen molar-refractivity contribution >= 4 is 16.8 Å². The van der Waals surface area contributed by atoms with Crippen LogP contribution >= 0.6 is 0 Å². The van der Waals surface area contributed by atoms with E-state index in [4.69, 9.17) is 5.73 Å². The quantitative estimate of drug-likeness (QED) is 0.750. The van der Waals surface area contributed by atoms with Gasteiger partial charge in [0.25, 0.3) is 5.91 Å². The molecule has 2 aromatic heterocycles. The van der Waals surface area contributed by atoms with E-state index in [0.29, 0.717) is 29.7 Å². The number of hydrogen-bond donors (Lipinski definition) is 2. The lowest BCUT2D eigenvalue weighted by Gasteiger charge is -2.15. The number of nitrogens with two attached hydrogens (primary N) is 1. The van der Waals surface area contributed by atoms with Gasteiger partial charge in [-0.2, -0.15) is 0 Å². The van der Waals surface area contributed by atoms with Crippen molar-refractivity contribution in [1.29, 1.82) is 0 Å². The van der Waals surface area contributed by atoms with Crippen LogP contribution in [0.3, 0.4) is 0 Å². The second-order valence-electron chi connectivity index (χ2n) is 6.29. The molecule has 1 aromatic carbocycles. The van der Waals surface area contributed by atoms with E-state index in [-0.39, 0.29) is 23.7 Å². The zero-order valence-electron chi connectivity index (χ0n) is 13.2. The monoisotopic (exact) mass is 327 g/mol. The molecule has 1 fully saturated rings. The van der Waals surface area contributed by atoms with E-state index in [1.165, 1.54) is 6.07 Å². The molecule has 0 spiro atoms. The summed E-state index contributed by atoms with van der Waals surface area (Å²) in [7, 11) is 1.92. The second kappa shape index (κ2) is 5.45. The number of rotatable bonds is 2. The summed E-state index contributed by atoms with van der Waals surface area (Å²) in [5, 5.41) is 0.424. The summed E-state index contributed by atoms with van der Waals surface area (Å²) in [6, 6.07) is 6.17. The molecule has 6 nitrogen and oxygen atoms in total. The van der Waals surface area contributed by atoms with E-state index in [0.717, 1.165) is 5.69 Å². The van der Waals surface area contributed by atoms with Crippen LogP contribution < -0.4 is 5.73 Å². The first-order valence-electron chi connectivity index (χ1n) is 7.83. The van der Waals surface area contributed by atoms with Gasteiger partial charge in [-0.15, -0.1) is 0 Å². The van der Waals surface area contributed by atoms with Gasteiger partial charge in [-0.05, 0) is 18.2 Å². The van der Waals surface area contributed by atoms with Gasteiger partial charge in [0.05, 0.1) is 6.33 Å². The minimum Gasteiger partial charge on any atom is -0.350 e. The molecule has 0 radical (unpaired) electrons. The number of carbonyl (C=O) groups excluding carboxylic acids is 1. The van der Waals surface area contributed by atoms with Crippen LogP contribution in [0.2, 0.25) is 0 Å². The number of aromatic amines is 1. The van der Waals surface area contributed by atoms with Crippen LogP contribution in [0, 0.1) is 5.82 Å². The molecule has 4 rings (SSSR count). The maximum absolute atomic E-state index is 13.8. The van der Waals surface area contributed by atoms with Gasteiger partial charge >= 0.3 is 0 Å². The van der Waals surface area contributed by atoms with Crippen molar-refractivity contribution < 1.29 is 9.18 Å². The molecule has 3 heterocycles. The zero-order valence-corrected chi connectivity index (χ0v) is 13.2. The maximum Gasteiger partial charge on any atom is 0.270 e. The first-order valence-corrected chi connectivity index (χ1v) is 7.83. The zero-order chi connectivity index (χ0) is 16.8. The molecule has 1 amide bonds. The fraction of sp³-hybridized carbons (Fsp3) is 0.294. The number of nitrogens with one attached hydrogen (secondary N) is 1. The summed E-state index contributed by atoms with van der Waals surface area (Å²) in [6.07, 6.45) is 3.52. The molecule has 2 atom stereocenters. The van der Waals surface area contributed by atoms with Gasteiger partial charge in [-0.1, -0.05) is 6.07 Å². The smallest absolute Gasteiger partial charge is 0.270 e. The van der Waals surface area contributed by atoms with Crippen molar-refractivity contribution in [3.05, 3.63) is 54.0 Å². The molecule has 0 unspecified atom stereocenters. The Bertz CT molecular complexity index is 915. The Morgan fingerprint density at radius 2 is 2.25 bits per heavy atom. The molecule has 0 bridgehead atoms. The summed E-state index contributed by atoms with van der Waals surface area (Å²) in [5.74, 6) is -0.457. The van der Waals surface area contributed by atoms with E-state index in [1.54, 1.807) is 35.6 Å². The maximum atomic E-state index is 13.8. The normalized spacial score (nSPS) is 20.9. The summed E-state index contributed by atoms with van der Waals surface area (Å²) >= 11 is 0. The lowest BCUT2D eigenvalue weighted by atomic mass is 10.0. The molecule has 1 aliphatic rings. The van der Waals surface area contributed by atoms with E-state index < -0.39 is 0 Å². The SMILES string of the molecule is Cn1cncc1[C@@H]1CN(C(=O)c2cc3c(F)cccc3[nH]2)C[C@H]1N. The number of H-pyrrole nitrogens is 1. The van der Waals surface area contributed by atoms with Crippen molar-refractivity contribution in [3.8, 4) is 0 Å². The summed E-state index contributed by atoms with van der Waals surface area (Å²) in [4.78, 5) is 21.6. The van der Waals surface area contributed by atoms with E-state index in [1.807, 2.05) is 11.6 Å². The number of imidazole rings is 1. The number of carbonyl (C=O) groups is 1. The molecule has 1 saturated heterocycles. The third-order valence-electron chi connectivity index (χ3n) is 4.73. The van der Waals surface area contributed by atoms with Crippen LogP contribution in [0.15, 0.2) is 36.8 Å². The van der Waals surface area contributed by atoms with Crippen molar-refractivity contribution in [3.63, 3.8) is 0 Å². The topological polar surface area (TPSA) is 79.9 Å². The molecular formula is C17H18FN5O. The molecule has 1 aliphatic heterocycles. The fourth-order valence-electron chi connectivity index (χ4n) is 3.44. The first-order chi connectivity index (χ1) is 11.5. The standard InChI is InChI=1S/C17H18FN5O/c1-22-9-20-6-16(22)11-7-23(8-13(11)19)17(24)15-5-10-12(18)3-2-4-14(10)21-15/h2-6,9,11,13,21H,7-8,19H2,1H3/t11-,13-/m1/s1. The number of halogens is 1. The molecule has 0 saturated carbocycles. The molecule has 24 heavy (non-hydrogen) atoms. The minimum atomic E-state index is -0.339. The average Bonchev–Trinajstić information content (AvgIpc) is 3.25. The van der Waals surface area contributed by atoms with Crippen LogP contribution in [0.25, 0.3) is 10.9 Å². The van der Waals surface area contributed by atoms with Crippen LogP contribution in [0.4, 0.5) is 4.39 Å². The van der Waals surface area contributed by atoms with Gasteiger partial charge in [-0.25, -0.2) is 9.37 Å². The van der Waals surface area contributed by atoms with Gasteiger partial charge in [0.1, 0.15) is 11.5 Å². The number of aryl methyl sites for hydroxylation is 1. The number of aromatic nitrogens is 3. The minimum absolute atomic E-state index is 0.0440. The van der Waals surface area contributed by atoms with Crippen molar-refractivity contribution in [2.45, 2.75) is 12.0 Å². The van der Waals surface area contributed by atoms with Crippen LogP contribution in [0.1, 0.15) is 22.1 Å². The number of likely N-dealkylation sites (tertiary alicyclic amines) is 1. The largest absolute Gasteiger partial charge is 0.350 e.